The number of piperidine rings is 1. The number of imide groups is 1. The van der Waals surface area contributed by atoms with Gasteiger partial charge in [-0.3, -0.25) is 14.9 Å². The molecule has 1 N–H and O–H groups in total. The highest BCUT2D eigenvalue weighted by atomic mass is 16.6. The van der Waals surface area contributed by atoms with E-state index in [9.17, 15) is 19.6 Å². The molecule has 2 unspecified atom stereocenters. The Morgan fingerprint density at radius 2 is 1.78 bits per heavy atom. The monoisotopic (exact) mass is 515 g/mol. The fraction of sp³-hybridized carbons (Fsp3) is 0.862. The van der Waals surface area contributed by atoms with Gasteiger partial charge in [-0.2, -0.15) is 5.26 Å². The van der Waals surface area contributed by atoms with E-state index in [0.29, 0.717) is 12.8 Å². The highest BCUT2D eigenvalue weighted by Crippen LogP contribution is 2.68. The zero-order valence-electron chi connectivity index (χ0n) is 23.5. The van der Waals surface area contributed by atoms with E-state index in [-0.39, 0.29) is 59.7 Å². The molecule has 0 spiro atoms. The molecule has 1 heterocycles. The molecular weight excluding hydrogens is 470 g/mol. The minimum Gasteiger partial charge on any atom is -0.445 e. The minimum absolute atomic E-state index is 0.0293. The second-order valence-corrected chi connectivity index (χ2v) is 13.0. The largest absolute Gasteiger partial charge is 0.445 e. The van der Waals surface area contributed by atoms with Crippen LogP contribution in [0.5, 0.6) is 0 Å². The van der Waals surface area contributed by atoms with Gasteiger partial charge in [0, 0.05) is 42.1 Å². The number of rotatable bonds is 4. The normalized spacial score (nSPS) is 42.7. The number of nitrogens with one attached hydrogen (secondary N) is 1. The zero-order valence-corrected chi connectivity index (χ0v) is 23.5. The number of hydrogen-bond donors (Lipinski definition) is 1. The van der Waals surface area contributed by atoms with Crippen molar-refractivity contribution in [3.8, 4) is 6.07 Å². The van der Waals surface area contributed by atoms with E-state index in [1.54, 1.807) is 7.11 Å². The van der Waals surface area contributed by atoms with Crippen molar-refractivity contribution in [2.45, 2.75) is 91.3 Å². The number of carbonyl (C=O) groups is 3. The number of methoxy groups -OCH3 is 1. The Morgan fingerprint density at radius 1 is 1.14 bits per heavy atom. The number of amides is 2. The van der Waals surface area contributed by atoms with E-state index < -0.39 is 23.0 Å². The van der Waals surface area contributed by atoms with Crippen LogP contribution in [0.25, 0.3) is 0 Å². The molecule has 206 valence electrons. The molecule has 4 aliphatic rings. The van der Waals surface area contributed by atoms with Crippen LogP contribution < -0.4 is 5.32 Å². The number of nitriles is 1. The highest BCUT2D eigenvalue weighted by molar-refractivity contribution is 5.93. The van der Waals surface area contributed by atoms with E-state index in [1.165, 1.54) is 0 Å². The second kappa shape index (κ2) is 10.3. The third kappa shape index (κ3) is 4.61. The summed E-state index contributed by atoms with van der Waals surface area (Å²) in [6.45, 7) is 9.95. The first kappa shape index (κ1) is 28.0. The van der Waals surface area contributed by atoms with Crippen molar-refractivity contribution in [3.05, 3.63) is 0 Å². The Hall–Kier alpha value is -1.98. The van der Waals surface area contributed by atoms with Crippen LogP contribution in [0.1, 0.15) is 79.1 Å². The number of ether oxygens (including phenoxy) is 2. The van der Waals surface area contributed by atoms with E-state index >= 15 is 0 Å². The van der Waals surface area contributed by atoms with Crippen molar-refractivity contribution in [1.82, 2.24) is 10.2 Å². The summed E-state index contributed by atoms with van der Waals surface area (Å²) in [5.74, 6) is -0.359. The first-order chi connectivity index (χ1) is 17.4. The van der Waals surface area contributed by atoms with Crippen LogP contribution >= 0.6 is 0 Å². The van der Waals surface area contributed by atoms with Gasteiger partial charge in [0.2, 0.25) is 5.91 Å². The van der Waals surface area contributed by atoms with Crippen molar-refractivity contribution >= 4 is 17.8 Å². The number of hydrogen-bond acceptors (Lipinski definition) is 7. The lowest BCUT2D eigenvalue weighted by molar-refractivity contribution is -0.191. The number of ketones is 1. The summed E-state index contributed by atoms with van der Waals surface area (Å²) in [7, 11) is 3.76. The fourth-order valence-corrected chi connectivity index (χ4v) is 8.63. The maximum Gasteiger partial charge on any atom is 0.414 e. The molecule has 8 heteroatoms. The molecule has 37 heavy (non-hydrogen) atoms. The standard InChI is InChI=1S/C29H45N3O5/c1-18-7-11-29-12-8-21(36-6)23(29)28(18,4)22(17-27(3,13-14-30)24(33)19(29)2)37-26(35)31-25(34)20-9-15-32(5)16-10-20/h18-23H,7-13,15-17H2,1-6H3,(H,31,34,35)/t18-,19+,21+,22-,23?,27-,28+,29?/m1/s1. The molecule has 2 amide bonds. The van der Waals surface area contributed by atoms with Gasteiger partial charge >= 0.3 is 6.09 Å². The fourth-order valence-electron chi connectivity index (χ4n) is 8.63. The molecule has 1 aliphatic heterocycles. The third-order valence-corrected chi connectivity index (χ3v) is 11.2. The summed E-state index contributed by atoms with van der Waals surface area (Å²) >= 11 is 0. The van der Waals surface area contributed by atoms with E-state index in [1.807, 2.05) is 20.9 Å². The molecule has 3 saturated carbocycles. The van der Waals surface area contributed by atoms with Gasteiger partial charge in [-0.05, 0) is 76.4 Å². The maximum absolute atomic E-state index is 14.1. The summed E-state index contributed by atoms with van der Waals surface area (Å²) in [6, 6.07) is 2.24. The summed E-state index contributed by atoms with van der Waals surface area (Å²) in [4.78, 5) is 42.4. The number of Topliss-reactive ketones (excluding diaryl/α,β-unsaturated/α-hetero) is 1. The predicted molar refractivity (Wildman–Crippen MR) is 138 cm³/mol. The molecule has 4 rings (SSSR count). The average molecular weight is 516 g/mol. The van der Waals surface area contributed by atoms with Crippen LogP contribution in [0.4, 0.5) is 4.79 Å². The smallest absolute Gasteiger partial charge is 0.414 e. The number of nitrogens with zero attached hydrogens (tertiary/aromatic N) is 2. The maximum atomic E-state index is 14.1. The van der Waals surface area contributed by atoms with Crippen molar-refractivity contribution in [3.63, 3.8) is 0 Å². The molecule has 8 atom stereocenters. The lowest BCUT2D eigenvalue weighted by atomic mass is 9.44. The van der Waals surface area contributed by atoms with Crippen molar-refractivity contribution in [2.24, 2.45) is 39.9 Å². The van der Waals surface area contributed by atoms with Crippen LogP contribution in [-0.4, -0.2) is 62.1 Å². The molecule has 4 fully saturated rings. The van der Waals surface area contributed by atoms with E-state index in [2.05, 4.69) is 30.1 Å². The molecule has 0 aromatic heterocycles. The Morgan fingerprint density at radius 3 is 2.41 bits per heavy atom. The second-order valence-electron chi connectivity index (χ2n) is 13.0. The number of likely N-dealkylation sites (tertiary alicyclic amines) is 1. The van der Waals surface area contributed by atoms with E-state index in [0.717, 1.165) is 38.8 Å². The van der Waals surface area contributed by atoms with Gasteiger partial charge in [0.15, 0.2) is 0 Å². The lowest BCUT2D eigenvalue weighted by Gasteiger charge is -2.61. The molecule has 0 aromatic rings. The summed E-state index contributed by atoms with van der Waals surface area (Å²) < 4.78 is 12.2. The highest BCUT2D eigenvalue weighted by Gasteiger charge is 2.68. The van der Waals surface area contributed by atoms with Gasteiger partial charge < -0.3 is 14.4 Å². The topological polar surface area (TPSA) is 109 Å². The van der Waals surface area contributed by atoms with Crippen LogP contribution in [0.2, 0.25) is 0 Å². The van der Waals surface area contributed by atoms with Crippen molar-refractivity contribution < 1.29 is 23.9 Å². The Bertz CT molecular complexity index is 956. The summed E-state index contributed by atoms with van der Waals surface area (Å²) in [5, 5.41) is 12.2. The lowest BCUT2D eigenvalue weighted by Crippen LogP contribution is -2.63. The third-order valence-electron chi connectivity index (χ3n) is 11.2. The predicted octanol–water partition coefficient (Wildman–Crippen LogP) is 4.33. The summed E-state index contributed by atoms with van der Waals surface area (Å²) in [6.07, 6.45) is 3.98. The van der Waals surface area contributed by atoms with Crippen LogP contribution in [-0.2, 0) is 19.1 Å². The van der Waals surface area contributed by atoms with Crippen molar-refractivity contribution in [1.29, 1.82) is 5.26 Å². The van der Waals surface area contributed by atoms with Gasteiger partial charge in [-0.25, -0.2) is 4.79 Å². The van der Waals surface area contributed by atoms with Gasteiger partial charge in [0.1, 0.15) is 11.9 Å². The van der Waals surface area contributed by atoms with Crippen LogP contribution in [0.15, 0.2) is 0 Å². The van der Waals surface area contributed by atoms with Gasteiger partial charge in [-0.15, -0.1) is 0 Å². The van der Waals surface area contributed by atoms with Crippen LogP contribution in [0, 0.1) is 51.2 Å². The first-order valence-corrected chi connectivity index (χ1v) is 14.1. The first-order valence-electron chi connectivity index (χ1n) is 14.1. The molecule has 3 aliphatic carbocycles. The van der Waals surface area contributed by atoms with E-state index in [4.69, 9.17) is 9.47 Å². The molecular formula is C29H45N3O5. The Balaban J connectivity index is 1.68. The zero-order chi connectivity index (χ0) is 27.2. The molecule has 0 aromatic carbocycles. The molecule has 1 saturated heterocycles. The number of carbonyl (C=O) groups excluding carboxylic acids is 3. The van der Waals surface area contributed by atoms with Gasteiger partial charge in [-0.1, -0.05) is 27.7 Å². The molecule has 0 radical (unpaired) electrons. The Labute approximate surface area is 221 Å². The number of alkyl carbamates (subject to hydrolysis) is 1. The molecule has 2 bridgehead atoms. The van der Waals surface area contributed by atoms with Crippen molar-refractivity contribution in [2.75, 3.05) is 27.2 Å². The minimum atomic E-state index is -0.932. The quantitative estimate of drug-likeness (QED) is 0.594. The van der Waals surface area contributed by atoms with Crippen LogP contribution in [0.3, 0.4) is 0 Å². The SMILES string of the molecule is CO[C@H]1CCC23CC[C@@H](C)[C@](C)(C12)[C@H](OC(=O)NC(=O)C1CCN(C)CC1)C[C@@](C)(CC#N)C(=O)[C@@H]3C. The average Bonchev–Trinajstić information content (AvgIpc) is 3.26. The van der Waals surface area contributed by atoms with Gasteiger partial charge in [0.05, 0.1) is 12.2 Å². The summed E-state index contributed by atoms with van der Waals surface area (Å²) in [5.41, 5.74) is -1.65. The molecule has 8 nitrogen and oxygen atoms in total. The Kier molecular flexibility index (Phi) is 7.80. The van der Waals surface area contributed by atoms with Gasteiger partial charge in [0.25, 0.3) is 0 Å².